The number of nitrogens with zero attached hydrogens (tertiary/aromatic N) is 1. The Morgan fingerprint density at radius 2 is 2.28 bits per heavy atom. The minimum absolute atomic E-state index is 0.205. The summed E-state index contributed by atoms with van der Waals surface area (Å²) >= 11 is 1.47. The van der Waals surface area contributed by atoms with Crippen molar-refractivity contribution < 1.29 is 14.3 Å². The van der Waals surface area contributed by atoms with Crippen molar-refractivity contribution in [3.63, 3.8) is 0 Å². The zero-order valence-electron chi connectivity index (χ0n) is 10.4. The number of carbonyl (C=O) groups excluding carboxylic acids is 1. The molecular weight excluding hydrogens is 250 g/mol. The largest absolute Gasteiger partial charge is 0.495 e. The molecule has 0 saturated carbocycles. The molecule has 4 nitrogen and oxygen atoms in total. The van der Waals surface area contributed by atoms with E-state index >= 15 is 0 Å². The lowest BCUT2D eigenvalue weighted by molar-refractivity contribution is -0.139. The number of benzene rings is 1. The van der Waals surface area contributed by atoms with Gasteiger partial charge in [-0.2, -0.15) is 5.26 Å². The fourth-order valence-corrected chi connectivity index (χ4v) is 2.14. The number of thioether (sulfide) groups is 1. The number of rotatable bonds is 6. The molecule has 0 saturated heterocycles. The Morgan fingerprint density at radius 3 is 2.89 bits per heavy atom. The van der Waals surface area contributed by atoms with Gasteiger partial charge in [0.2, 0.25) is 0 Å². The SMILES string of the molecule is CCOC(=O)CSCc1ccc(C#N)c(OC)c1. The van der Waals surface area contributed by atoms with E-state index in [0.29, 0.717) is 29.4 Å². The van der Waals surface area contributed by atoms with E-state index in [2.05, 4.69) is 6.07 Å². The molecule has 0 heterocycles. The van der Waals surface area contributed by atoms with Crippen LogP contribution in [0.15, 0.2) is 18.2 Å². The maximum atomic E-state index is 11.1. The van der Waals surface area contributed by atoms with E-state index in [1.807, 2.05) is 12.1 Å². The third-order valence-electron chi connectivity index (χ3n) is 2.18. The van der Waals surface area contributed by atoms with Crippen molar-refractivity contribution in [2.75, 3.05) is 19.5 Å². The Bertz CT molecular complexity index is 454. The molecule has 18 heavy (non-hydrogen) atoms. The number of methoxy groups -OCH3 is 1. The van der Waals surface area contributed by atoms with Gasteiger partial charge in [-0.1, -0.05) is 6.07 Å². The van der Waals surface area contributed by atoms with Gasteiger partial charge >= 0.3 is 5.97 Å². The molecule has 0 aliphatic carbocycles. The second kappa shape index (κ2) is 7.62. The first kappa shape index (κ1) is 14.4. The van der Waals surface area contributed by atoms with Crippen molar-refractivity contribution in [3.8, 4) is 11.8 Å². The molecule has 0 aliphatic rings. The topological polar surface area (TPSA) is 59.3 Å². The van der Waals surface area contributed by atoms with Gasteiger partial charge in [-0.05, 0) is 24.6 Å². The van der Waals surface area contributed by atoms with Crippen LogP contribution < -0.4 is 4.74 Å². The molecule has 0 radical (unpaired) electrons. The molecule has 0 fully saturated rings. The molecule has 1 aromatic carbocycles. The average molecular weight is 265 g/mol. The van der Waals surface area contributed by atoms with Gasteiger partial charge in [0.25, 0.3) is 0 Å². The highest BCUT2D eigenvalue weighted by Gasteiger charge is 2.05. The first-order valence-electron chi connectivity index (χ1n) is 5.51. The summed E-state index contributed by atoms with van der Waals surface area (Å²) in [6, 6.07) is 7.46. The van der Waals surface area contributed by atoms with E-state index < -0.39 is 0 Å². The lowest BCUT2D eigenvalue weighted by Crippen LogP contribution is -2.06. The summed E-state index contributed by atoms with van der Waals surface area (Å²) in [6.07, 6.45) is 0. The molecule has 0 atom stereocenters. The van der Waals surface area contributed by atoms with E-state index in [4.69, 9.17) is 14.7 Å². The molecule has 96 valence electrons. The standard InChI is InChI=1S/C13H15NO3S/c1-3-17-13(15)9-18-8-10-4-5-11(7-14)12(6-10)16-2/h4-6H,3,8-9H2,1-2H3. The molecular formula is C13H15NO3S. The smallest absolute Gasteiger partial charge is 0.315 e. The molecule has 1 rings (SSSR count). The Morgan fingerprint density at radius 1 is 1.50 bits per heavy atom. The minimum atomic E-state index is -0.205. The fraction of sp³-hybridized carbons (Fsp3) is 0.385. The van der Waals surface area contributed by atoms with Gasteiger partial charge in [0.1, 0.15) is 11.8 Å². The lowest BCUT2D eigenvalue weighted by Gasteiger charge is -2.06. The normalized spacial score (nSPS) is 9.61. The van der Waals surface area contributed by atoms with Crippen molar-refractivity contribution >= 4 is 17.7 Å². The van der Waals surface area contributed by atoms with Crippen LogP contribution in [0.3, 0.4) is 0 Å². The highest BCUT2D eigenvalue weighted by atomic mass is 32.2. The fourth-order valence-electron chi connectivity index (χ4n) is 1.37. The van der Waals surface area contributed by atoms with Crippen molar-refractivity contribution in [1.29, 1.82) is 5.26 Å². The van der Waals surface area contributed by atoms with Crippen molar-refractivity contribution in [2.24, 2.45) is 0 Å². The van der Waals surface area contributed by atoms with Crippen LogP contribution in [0.1, 0.15) is 18.1 Å². The van der Waals surface area contributed by atoms with Crippen molar-refractivity contribution in [3.05, 3.63) is 29.3 Å². The maximum Gasteiger partial charge on any atom is 0.315 e. The van der Waals surface area contributed by atoms with Crippen LogP contribution in [-0.4, -0.2) is 25.4 Å². The molecule has 0 amide bonds. The summed E-state index contributed by atoms with van der Waals surface area (Å²) in [5.41, 5.74) is 1.52. The molecule has 0 unspecified atom stereocenters. The Kier molecular flexibility index (Phi) is 6.09. The van der Waals surface area contributed by atoms with Gasteiger partial charge < -0.3 is 9.47 Å². The Labute approximate surface area is 111 Å². The Hall–Kier alpha value is -1.67. The summed E-state index contributed by atoms with van der Waals surface area (Å²) in [7, 11) is 1.53. The van der Waals surface area contributed by atoms with E-state index in [0.717, 1.165) is 5.56 Å². The number of nitriles is 1. The van der Waals surface area contributed by atoms with Gasteiger partial charge in [0.15, 0.2) is 0 Å². The third kappa shape index (κ3) is 4.30. The van der Waals surface area contributed by atoms with E-state index in [1.165, 1.54) is 18.9 Å². The predicted octanol–water partition coefficient (Wildman–Crippen LogP) is 2.36. The monoisotopic (exact) mass is 265 g/mol. The van der Waals surface area contributed by atoms with E-state index in [9.17, 15) is 4.79 Å². The summed E-state index contributed by atoms with van der Waals surface area (Å²) in [5, 5.41) is 8.85. The number of esters is 1. The highest BCUT2D eigenvalue weighted by molar-refractivity contribution is 7.99. The van der Waals surface area contributed by atoms with Gasteiger partial charge in [-0.15, -0.1) is 11.8 Å². The molecule has 0 bridgehead atoms. The van der Waals surface area contributed by atoms with Crippen LogP contribution >= 0.6 is 11.8 Å². The molecule has 0 spiro atoms. The maximum absolute atomic E-state index is 11.1. The zero-order chi connectivity index (χ0) is 13.4. The van der Waals surface area contributed by atoms with Crippen LogP contribution in [0.4, 0.5) is 0 Å². The lowest BCUT2D eigenvalue weighted by atomic mass is 10.1. The molecule has 0 aromatic heterocycles. The minimum Gasteiger partial charge on any atom is -0.495 e. The summed E-state index contributed by atoms with van der Waals surface area (Å²) in [5.74, 6) is 1.37. The van der Waals surface area contributed by atoms with Crippen LogP contribution in [0.5, 0.6) is 5.75 Å². The van der Waals surface area contributed by atoms with Crippen molar-refractivity contribution in [1.82, 2.24) is 0 Å². The highest BCUT2D eigenvalue weighted by Crippen LogP contribution is 2.22. The third-order valence-corrected chi connectivity index (χ3v) is 3.16. The first-order chi connectivity index (χ1) is 8.71. The molecule has 5 heteroatoms. The van der Waals surface area contributed by atoms with Crippen LogP contribution in [0.2, 0.25) is 0 Å². The van der Waals surface area contributed by atoms with Crippen LogP contribution in [0, 0.1) is 11.3 Å². The van der Waals surface area contributed by atoms with E-state index in [-0.39, 0.29) is 5.97 Å². The van der Waals surface area contributed by atoms with Gasteiger partial charge in [-0.25, -0.2) is 0 Å². The zero-order valence-corrected chi connectivity index (χ0v) is 11.3. The second-order valence-electron chi connectivity index (χ2n) is 3.44. The molecule has 0 aliphatic heterocycles. The number of carbonyl (C=O) groups is 1. The summed E-state index contributed by atoms with van der Waals surface area (Å²) in [6.45, 7) is 2.19. The molecule has 0 N–H and O–H groups in total. The predicted molar refractivity (Wildman–Crippen MR) is 70.5 cm³/mol. The number of hydrogen-bond acceptors (Lipinski definition) is 5. The Balaban J connectivity index is 2.53. The average Bonchev–Trinajstić information content (AvgIpc) is 2.38. The van der Waals surface area contributed by atoms with Crippen LogP contribution in [-0.2, 0) is 15.3 Å². The first-order valence-corrected chi connectivity index (χ1v) is 6.67. The second-order valence-corrected chi connectivity index (χ2v) is 4.43. The van der Waals surface area contributed by atoms with Crippen molar-refractivity contribution in [2.45, 2.75) is 12.7 Å². The van der Waals surface area contributed by atoms with E-state index in [1.54, 1.807) is 13.0 Å². The molecule has 1 aromatic rings. The van der Waals surface area contributed by atoms with Gasteiger partial charge in [-0.3, -0.25) is 4.79 Å². The van der Waals surface area contributed by atoms with Gasteiger partial charge in [0, 0.05) is 5.75 Å². The number of hydrogen-bond donors (Lipinski definition) is 0. The quantitative estimate of drug-likeness (QED) is 0.739. The van der Waals surface area contributed by atoms with Gasteiger partial charge in [0.05, 0.1) is 25.0 Å². The number of ether oxygens (including phenoxy) is 2. The summed E-state index contributed by atoms with van der Waals surface area (Å²) in [4.78, 5) is 11.1. The van der Waals surface area contributed by atoms with Crippen LogP contribution in [0.25, 0.3) is 0 Å². The summed E-state index contributed by atoms with van der Waals surface area (Å²) < 4.78 is 9.95.